The number of rotatable bonds is 5. The minimum absolute atomic E-state index is 0.936. The van der Waals surface area contributed by atoms with Crippen LogP contribution in [0.25, 0.3) is 0 Å². The molecule has 1 heterocycles. The van der Waals surface area contributed by atoms with Gasteiger partial charge in [-0.25, -0.2) is 0 Å². The molecule has 0 N–H and O–H groups in total. The summed E-state index contributed by atoms with van der Waals surface area (Å²) in [5, 5.41) is 2.12. The molecule has 0 aromatic rings. The quantitative estimate of drug-likeness (QED) is 0.492. The summed E-state index contributed by atoms with van der Waals surface area (Å²) in [5.41, 5.74) is 0. The second-order valence-corrected chi connectivity index (χ2v) is 5.33. The van der Waals surface area contributed by atoms with E-state index in [-0.39, 0.29) is 0 Å². The molecule has 0 spiro atoms. The van der Waals surface area contributed by atoms with Gasteiger partial charge in [0.15, 0.2) is 0 Å². The van der Waals surface area contributed by atoms with Crippen LogP contribution >= 0.6 is 23.5 Å². The van der Waals surface area contributed by atoms with Crippen LogP contribution in [-0.2, 0) is 0 Å². The molecule has 0 atom stereocenters. The van der Waals surface area contributed by atoms with Gasteiger partial charge in [0.1, 0.15) is 0 Å². The molecule has 0 aromatic heterocycles. The van der Waals surface area contributed by atoms with Crippen LogP contribution in [0.1, 0.15) is 12.8 Å². The van der Waals surface area contributed by atoms with Crippen LogP contribution in [0.2, 0.25) is 0 Å². The van der Waals surface area contributed by atoms with Crippen molar-refractivity contribution in [3.05, 3.63) is 58.8 Å². The number of hydrogen-bond acceptors (Lipinski definition) is 2. The topological polar surface area (TPSA) is 0 Å². The predicted molar refractivity (Wildman–Crippen MR) is 75.0 cm³/mol. The summed E-state index contributed by atoms with van der Waals surface area (Å²) in [7, 11) is 0. The summed E-state index contributed by atoms with van der Waals surface area (Å²) in [4.78, 5) is 2.59. The highest BCUT2D eigenvalue weighted by atomic mass is 32.2. The van der Waals surface area contributed by atoms with Gasteiger partial charge in [-0.15, -0.1) is 30.1 Å². The molecule has 0 nitrogen and oxygen atoms in total. The van der Waals surface area contributed by atoms with E-state index in [2.05, 4.69) is 42.9 Å². The van der Waals surface area contributed by atoms with E-state index in [1.807, 2.05) is 17.8 Å². The molecule has 1 rings (SSSR count). The zero-order valence-corrected chi connectivity index (χ0v) is 10.4. The molecule has 15 heavy (non-hydrogen) atoms. The van der Waals surface area contributed by atoms with Crippen molar-refractivity contribution in [3.8, 4) is 0 Å². The smallest absolute Gasteiger partial charge is 0.00255 e. The van der Waals surface area contributed by atoms with E-state index in [9.17, 15) is 0 Å². The maximum Gasteiger partial charge on any atom is 0.00255 e. The first kappa shape index (κ1) is 12.5. The standard InChI is InChI=1S/C13H16S2/c1-3-4-5-6-7-9-15-13-8-10-14-12(2)11-13/h3,5-7,9,11H,1-2,4,8,10H2/b6-5+,9-7-. The Labute approximate surface area is 101 Å². The van der Waals surface area contributed by atoms with Gasteiger partial charge in [-0.1, -0.05) is 30.9 Å². The van der Waals surface area contributed by atoms with Gasteiger partial charge < -0.3 is 0 Å². The fourth-order valence-electron chi connectivity index (χ4n) is 1.09. The van der Waals surface area contributed by atoms with Gasteiger partial charge in [-0.3, -0.25) is 0 Å². The summed E-state index contributed by atoms with van der Waals surface area (Å²) < 4.78 is 0. The van der Waals surface area contributed by atoms with Crippen molar-refractivity contribution >= 4 is 23.5 Å². The van der Waals surface area contributed by atoms with Crippen LogP contribution in [0.4, 0.5) is 0 Å². The lowest BCUT2D eigenvalue weighted by molar-refractivity contribution is 1.21. The molecule has 0 bridgehead atoms. The van der Waals surface area contributed by atoms with Crippen molar-refractivity contribution in [2.45, 2.75) is 12.8 Å². The first-order chi connectivity index (χ1) is 7.33. The minimum Gasteiger partial charge on any atom is -0.126 e. The van der Waals surface area contributed by atoms with Gasteiger partial charge in [0.05, 0.1) is 0 Å². The summed E-state index contributed by atoms with van der Waals surface area (Å²) in [5.74, 6) is 1.16. The molecule has 1 aliphatic rings. The number of hydrogen-bond donors (Lipinski definition) is 0. The third-order valence-corrected chi connectivity index (χ3v) is 3.62. The van der Waals surface area contributed by atoms with Gasteiger partial charge in [0.2, 0.25) is 0 Å². The van der Waals surface area contributed by atoms with Crippen LogP contribution in [-0.4, -0.2) is 5.75 Å². The highest BCUT2D eigenvalue weighted by Gasteiger charge is 2.04. The van der Waals surface area contributed by atoms with E-state index in [1.165, 1.54) is 9.81 Å². The van der Waals surface area contributed by atoms with E-state index in [0.717, 1.165) is 18.6 Å². The molecule has 0 saturated carbocycles. The number of allylic oxidation sites excluding steroid dienone is 6. The minimum atomic E-state index is 0.936. The second-order valence-electron chi connectivity index (χ2n) is 3.07. The lowest BCUT2D eigenvalue weighted by atomic mass is 10.4. The van der Waals surface area contributed by atoms with Crippen LogP contribution in [0.3, 0.4) is 0 Å². The van der Waals surface area contributed by atoms with E-state index in [4.69, 9.17) is 0 Å². The Morgan fingerprint density at radius 1 is 1.47 bits per heavy atom. The zero-order valence-electron chi connectivity index (χ0n) is 8.82. The Hall–Kier alpha value is -0.600. The molecule has 0 saturated heterocycles. The van der Waals surface area contributed by atoms with Crippen molar-refractivity contribution in [1.82, 2.24) is 0 Å². The molecule has 0 unspecified atom stereocenters. The summed E-state index contributed by atoms with van der Waals surface area (Å²) in [6.45, 7) is 7.62. The summed E-state index contributed by atoms with van der Waals surface area (Å²) >= 11 is 3.63. The third kappa shape index (κ3) is 5.75. The van der Waals surface area contributed by atoms with Crippen molar-refractivity contribution in [2.24, 2.45) is 0 Å². The summed E-state index contributed by atoms with van der Waals surface area (Å²) in [6.07, 6.45) is 12.4. The van der Waals surface area contributed by atoms with Gasteiger partial charge >= 0.3 is 0 Å². The maximum absolute atomic E-state index is 3.96. The Balaban J connectivity index is 2.30. The Kier molecular flexibility index (Phi) is 6.37. The van der Waals surface area contributed by atoms with Crippen molar-refractivity contribution < 1.29 is 0 Å². The van der Waals surface area contributed by atoms with E-state index in [1.54, 1.807) is 11.8 Å². The first-order valence-corrected chi connectivity index (χ1v) is 6.81. The molecular formula is C13H16S2. The molecule has 0 aliphatic carbocycles. The lowest BCUT2D eigenvalue weighted by Crippen LogP contribution is -1.89. The average molecular weight is 236 g/mol. The molecule has 0 fully saturated rings. The van der Waals surface area contributed by atoms with E-state index < -0.39 is 0 Å². The molecule has 80 valence electrons. The normalized spacial score (nSPS) is 17.3. The molecule has 0 amide bonds. The van der Waals surface area contributed by atoms with Crippen LogP contribution < -0.4 is 0 Å². The fraction of sp³-hybridized carbons (Fsp3) is 0.231. The second kappa shape index (κ2) is 7.66. The highest BCUT2D eigenvalue weighted by molar-refractivity contribution is 8.06. The summed E-state index contributed by atoms with van der Waals surface area (Å²) in [6, 6.07) is 0. The Bertz CT molecular complexity index is 308. The van der Waals surface area contributed by atoms with Gasteiger partial charge in [0.25, 0.3) is 0 Å². The SMILES string of the molecule is C=CC/C=C/C=C\SC1=CC(=C)SCC1. The molecule has 0 aromatic carbocycles. The van der Waals surface area contributed by atoms with E-state index in [0.29, 0.717) is 0 Å². The zero-order chi connectivity index (χ0) is 10.9. The van der Waals surface area contributed by atoms with E-state index >= 15 is 0 Å². The predicted octanol–water partition coefficient (Wildman–Crippen LogP) is 4.90. The van der Waals surface area contributed by atoms with Crippen LogP contribution in [0.5, 0.6) is 0 Å². The Morgan fingerprint density at radius 2 is 2.33 bits per heavy atom. The van der Waals surface area contributed by atoms with Crippen molar-refractivity contribution in [2.75, 3.05) is 5.75 Å². The maximum atomic E-state index is 3.96. The van der Waals surface area contributed by atoms with Crippen LogP contribution in [0.15, 0.2) is 58.8 Å². The van der Waals surface area contributed by atoms with Gasteiger partial charge in [-0.05, 0) is 29.2 Å². The molecular weight excluding hydrogens is 220 g/mol. The highest BCUT2D eigenvalue weighted by Crippen LogP contribution is 2.32. The van der Waals surface area contributed by atoms with Crippen molar-refractivity contribution in [3.63, 3.8) is 0 Å². The Morgan fingerprint density at radius 3 is 3.07 bits per heavy atom. The van der Waals surface area contributed by atoms with Crippen molar-refractivity contribution in [1.29, 1.82) is 0 Å². The van der Waals surface area contributed by atoms with Gasteiger partial charge in [-0.2, -0.15) is 0 Å². The largest absolute Gasteiger partial charge is 0.126 e. The lowest BCUT2D eigenvalue weighted by Gasteiger charge is -2.11. The molecule has 1 aliphatic heterocycles. The average Bonchev–Trinajstić information content (AvgIpc) is 2.23. The number of thioether (sulfide) groups is 2. The third-order valence-electron chi connectivity index (χ3n) is 1.81. The molecule has 0 radical (unpaired) electrons. The first-order valence-electron chi connectivity index (χ1n) is 4.94. The fourth-order valence-corrected chi connectivity index (χ4v) is 2.88. The van der Waals surface area contributed by atoms with Crippen LogP contribution in [0, 0.1) is 0 Å². The monoisotopic (exact) mass is 236 g/mol. The molecule has 2 heteroatoms. The van der Waals surface area contributed by atoms with Gasteiger partial charge in [0, 0.05) is 10.7 Å².